The third kappa shape index (κ3) is 3.39. The number of benzene rings is 2. The van der Waals surface area contributed by atoms with Crippen LogP contribution in [0, 0.1) is 35.5 Å². The molecule has 4 nitrogen and oxygen atoms in total. The van der Waals surface area contributed by atoms with Gasteiger partial charge in [0.1, 0.15) is 11.5 Å². The van der Waals surface area contributed by atoms with Crippen LogP contribution in [0.5, 0.6) is 11.5 Å². The van der Waals surface area contributed by atoms with Crippen molar-refractivity contribution in [1.82, 2.24) is 0 Å². The molecule has 10 rings (SSSR count). The molecule has 4 heteroatoms. The molecule has 2 aromatic carbocycles. The maximum atomic E-state index is 11.1. The summed E-state index contributed by atoms with van der Waals surface area (Å²) in [5.74, 6) is 5.58. The molecule has 2 aromatic rings. The fourth-order valence-corrected chi connectivity index (χ4v) is 10.5. The fraction of sp³-hybridized carbons (Fsp3) is 0.625. The van der Waals surface area contributed by atoms with Crippen molar-refractivity contribution in [3.63, 3.8) is 0 Å². The Morgan fingerprint density at radius 1 is 0.528 bits per heavy atom. The van der Waals surface area contributed by atoms with Crippen LogP contribution in [0.1, 0.15) is 88.2 Å². The van der Waals surface area contributed by atoms with Gasteiger partial charge in [0.25, 0.3) is 0 Å². The molecule has 188 valence electrons. The van der Waals surface area contributed by atoms with Crippen molar-refractivity contribution in [1.29, 1.82) is 0 Å². The largest absolute Gasteiger partial charge is 0.507 e. The molecule has 36 heavy (non-hydrogen) atoms. The summed E-state index contributed by atoms with van der Waals surface area (Å²) in [6.45, 7) is 0. The zero-order chi connectivity index (χ0) is 24.1. The van der Waals surface area contributed by atoms with E-state index in [9.17, 15) is 10.2 Å². The number of phenols is 2. The van der Waals surface area contributed by atoms with E-state index in [4.69, 9.17) is 9.98 Å². The molecule has 0 spiro atoms. The Labute approximate surface area is 213 Å². The number of aliphatic imine (C=N–C) groups is 2. The quantitative estimate of drug-likeness (QED) is 0.460. The van der Waals surface area contributed by atoms with Gasteiger partial charge < -0.3 is 10.2 Å². The second kappa shape index (κ2) is 7.58. The van der Waals surface area contributed by atoms with Gasteiger partial charge in [0.2, 0.25) is 0 Å². The van der Waals surface area contributed by atoms with Gasteiger partial charge in [-0.05, 0) is 137 Å². The van der Waals surface area contributed by atoms with E-state index < -0.39 is 0 Å². The Kier molecular flexibility index (Phi) is 4.57. The number of fused-ring (bicyclic) bond motifs is 1. The summed E-state index contributed by atoms with van der Waals surface area (Å²) in [6.07, 6.45) is 19.6. The highest BCUT2D eigenvalue weighted by Crippen LogP contribution is 2.58. The monoisotopic (exact) mass is 482 g/mol. The summed E-state index contributed by atoms with van der Waals surface area (Å²) < 4.78 is 0. The molecule has 8 aliphatic rings. The summed E-state index contributed by atoms with van der Waals surface area (Å²) in [5, 5.41) is 23.6. The molecule has 0 heterocycles. The molecule has 0 aromatic heterocycles. The van der Waals surface area contributed by atoms with E-state index in [0.717, 1.165) is 46.6 Å². The second-order valence-electron chi connectivity index (χ2n) is 13.9. The minimum absolute atomic E-state index is 0.0931. The first-order valence-corrected chi connectivity index (χ1v) is 14.5. The molecular formula is C32H38N2O2. The van der Waals surface area contributed by atoms with Crippen LogP contribution in [0.15, 0.2) is 34.3 Å². The number of hydrogen-bond acceptors (Lipinski definition) is 4. The van der Waals surface area contributed by atoms with E-state index in [0.29, 0.717) is 10.8 Å². The minimum Gasteiger partial charge on any atom is -0.507 e. The van der Waals surface area contributed by atoms with Crippen LogP contribution in [0.3, 0.4) is 0 Å². The maximum Gasteiger partial charge on any atom is 0.132 e. The van der Waals surface area contributed by atoms with Gasteiger partial charge in [0.05, 0.1) is 11.1 Å². The minimum atomic E-state index is 0.0931. The molecule has 0 radical (unpaired) electrons. The summed E-state index contributed by atoms with van der Waals surface area (Å²) in [4.78, 5) is 10.3. The molecule has 8 bridgehead atoms. The Morgan fingerprint density at radius 3 is 1.14 bits per heavy atom. The van der Waals surface area contributed by atoms with Crippen LogP contribution in [-0.2, 0) is 0 Å². The first-order chi connectivity index (χ1) is 17.4. The lowest BCUT2D eigenvalue weighted by molar-refractivity contribution is 0.00177. The first kappa shape index (κ1) is 21.7. The predicted molar refractivity (Wildman–Crippen MR) is 144 cm³/mol. The maximum absolute atomic E-state index is 11.1. The molecule has 0 unspecified atom stereocenters. The van der Waals surface area contributed by atoms with Crippen molar-refractivity contribution in [2.75, 3.05) is 0 Å². The number of hydrogen-bond donors (Lipinski definition) is 2. The molecule has 8 aliphatic carbocycles. The van der Waals surface area contributed by atoms with Crippen molar-refractivity contribution in [3.8, 4) is 11.5 Å². The van der Waals surface area contributed by atoms with Crippen LogP contribution < -0.4 is 0 Å². The predicted octanol–water partition coefficient (Wildman–Crippen LogP) is 7.03. The molecule has 8 fully saturated rings. The molecular weight excluding hydrogens is 444 g/mol. The summed E-state index contributed by atoms with van der Waals surface area (Å²) in [6, 6.07) is 7.71. The smallest absolute Gasteiger partial charge is 0.132 e. The van der Waals surface area contributed by atoms with Crippen LogP contribution in [0.25, 0.3) is 10.8 Å². The van der Waals surface area contributed by atoms with E-state index >= 15 is 0 Å². The van der Waals surface area contributed by atoms with Gasteiger partial charge in [0, 0.05) is 34.3 Å². The topological polar surface area (TPSA) is 65.2 Å². The molecule has 0 amide bonds. The lowest BCUT2D eigenvalue weighted by atomic mass is 9.53. The van der Waals surface area contributed by atoms with Gasteiger partial charge in [0.15, 0.2) is 0 Å². The van der Waals surface area contributed by atoms with E-state index in [-0.39, 0.29) is 22.6 Å². The van der Waals surface area contributed by atoms with Gasteiger partial charge in [-0.15, -0.1) is 0 Å². The average molecular weight is 483 g/mol. The Balaban J connectivity index is 1.07. The third-order valence-electron chi connectivity index (χ3n) is 11.2. The van der Waals surface area contributed by atoms with Crippen molar-refractivity contribution in [2.24, 2.45) is 45.5 Å². The van der Waals surface area contributed by atoms with Crippen LogP contribution in [0.4, 0.5) is 0 Å². The lowest BCUT2D eigenvalue weighted by Crippen LogP contribution is -2.49. The number of phenolic OH excluding ortho intramolecular Hbond substituents is 2. The number of rotatable bonds is 4. The van der Waals surface area contributed by atoms with Crippen molar-refractivity contribution in [3.05, 3.63) is 35.4 Å². The Hall–Kier alpha value is -2.36. The van der Waals surface area contributed by atoms with Crippen molar-refractivity contribution >= 4 is 23.2 Å². The highest BCUT2D eigenvalue weighted by atomic mass is 16.3. The molecule has 0 atom stereocenters. The molecule has 0 aliphatic heterocycles. The van der Waals surface area contributed by atoms with E-state index in [1.54, 1.807) is 0 Å². The lowest BCUT2D eigenvalue weighted by Gasteiger charge is -2.55. The third-order valence-corrected chi connectivity index (χ3v) is 11.2. The standard InChI is InChI=1S/C32H38N2O2/c35-29-25(17-33-31-11-19-5-20(12-31)7-21(6-19)13-31)1-3-27-28(29)4-2-26(30(27)36)18-34-32-14-22-8-23(15-32)10-24(9-22)16-32/h1-4,17-24,35-36H,5-16H2. The molecule has 8 saturated carbocycles. The molecule has 0 saturated heterocycles. The summed E-state index contributed by atoms with van der Waals surface area (Å²) in [5.41, 5.74) is 1.70. The van der Waals surface area contributed by atoms with E-state index in [1.807, 2.05) is 36.7 Å². The second-order valence-corrected chi connectivity index (χ2v) is 13.9. The van der Waals surface area contributed by atoms with E-state index in [2.05, 4.69) is 0 Å². The highest BCUT2D eigenvalue weighted by molar-refractivity contribution is 6.03. The van der Waals surface area contributed by atoms with Crippen LogP contribution in [0.2, 0.25) is 0 Å². The van der Waals surface area contributed by atoms with Crippen molar-refractivity contribution < 1.29 is 10.2 Å². The SMILES string of the molecule is Oc1c(C=NC23CC4CC(CC(C4)C2)C3)ccc2c(O)c(C=NC34CC5CC(CC(C5)C3)C4)ccc12. The van der Waals surface area contributed by atoms with Gasteiger partial charge in [-0.25, -0.2) is 0 Å². The van der Waals surface area contributed by atoms with Crippen LogP contribution in [-0.4, -0.2) is 33.7 Å². The van der Waals surface area contributed by atoms with Gasteiger partial charge >= 0.3 is 0 Å². The number of nitrogens with zero attached hydrogens (tertiary/aromatic N) is 2. The van der Waals surface area contributed by atoms with Crippen LogP contribution >= 0.6 is 0 Å². The Bertz CT molecular complexity index is 1120. The van der Waals surface area contributed by atoms with Crippen molar-refractivity contribution in [2.45, 2.75) is 88.1 Å². The average Bonchev–Trinajstić information content (AvgIpc) is 2.82. The zero-order valence-electron chi connectivity index (χ0n) is 21.2. The Morgan fingerprint density at radius 2 is 0.833 bits per heavy atom. The van der Waals surface area contributed by atoms with Gasteiger partial charge in [-0.3, -0.25) is 9.98 Å². The summed E-state index contributed by atoms with van der Waals surface area (Å²) in [7, 11) is 0. The van der Waals surface area contributed by atoms with Gasteiger partial charge in [-0.1, -0.05) is 0 Å². The van der Waals surface area contributed by atoms with E-state index in [1.165, 1.54) is 77.0 Å². The fourth-order valence-electron chi connectivity index (χ4n) is 10.5. The van der Waals surface area contributed by atoms with Gasteiger partial charge in [-0.2, -0.15) is 0 Å². The number of aromatic hydroxyl groups is 2. The normalized spacial score (nSPS) is 42.4. The first-order valence-electron chi connectivity index (χ1n) is 14.5. The molecule has 2 N–H and O–H groups in total. The zero-order valence-corrected chi connectivity index (χ0v) is 21.2. The summed E-state index contributed by atoms with van der Waals surface area (Å²) >= 11 is 0. The highest BCUT2D eigenvalue weighted by Gasteiger charge is 2.51.